The molecule has 0 fully saturated rings. The predicted molar refractivity (Wildman–Crippen MR) is 362 cm³/mol. The fourth-order valence-corrected chi connectivity index (χ4v) is 11.6. The number of hydrogen-bond donors (Lipinski definition) is 8. The summed E-state index contributed by atoms with van der Waals surface area (Å²) in [5, 5.41) is 21.0. The number of nitrogens with zero attached hydrogens (tertiary/aromatic N) is 6. The highest BCUT2D eigenvalue weighted by atomic mass is 32.2. The molecule has 4 aromatic carbocycles. The number of nitrogens with one attached hydrogen (secondary N) is 5. The molecule has 5 amide bonds. The van der Waals surface area contributed by atoms with E-state index in [9.17, 15) is 49.9 Å². The van der Waals surface area contributed by atoms with Crippen LogP contribution in [0.3, 0.4) is 0 Å². The molecule has 2 heterocycles. The lowest BCUT2D eigenvalue weighted by Gasteiger charge is -2.25. The van der Waals surface area contributed by atoms with Crippen LogP contribution >= 0.6 is 12.6 Å². The Kier molecular flexibility index (Phi) is 29.6. The van der Waals surface area contributed by atoms with Gasteiger partial charge in [0.1, 0.15) is 6.54 Å². The Labute approximate surface area is 559 Å². The van der Waals surface area contributed by atoms with Gasteiger partial charge in [0.2, 0.25) is 11.6 Å². The molecule has 0 bridgehead atoms. The van der Waals surface area contributed by atoms with Gasteiger partial charge in [-0.05, 0) is 117 Å². The standard InChI is InChI=1S/C65H83N11O16S3/c1-6-75-55-22-20-51(94(82,83)84)42-53(55)64(2,3)57(75)13-9-7-10-14-58-65(4,5)54-43-52(95(85,86)87)21-23-56(54)76(58)29-12-8-11-15-59(77)67-24-25-68-61(79)47-18-16-46(17-19-47)44-72-92-45-60(78)73-50-40-48(62(80)69-26-30-88-33-34-90-32-28-71-74-66)39-49(41-50)63(81)70-27-31-89-35-36-91-37-38-93/h7,9-10,13-14,16-23,39-44H,6,8,11-12,15,24-38,45H2,1-5H3,(H7-,67,68,69,70,73,77,78,79,80,81,82,83,84,85,86,87,93)/p+1/b72-44+. The number of amides is 5. The number of anilines is 2. The number of allylic oxidation sites excluding steroid dienone is 6. The van der Waals surface area contributed by atoms with Crippen molar-refractivity contribution in [3.8, 4) is 0 Å². The van der Waals surface area contributed by atoms with Crippen molar-refractivity contribution in [2.24, 2.45) is 10.3 Å². The van der Waals surface area contributed by atoms with Crippen LogP contribution in [0.1, 0.15) is 108 Å². The number of rotatable bonds is 40. The van der Waals surface area contributed by atoms with Crippen LogP contribution in [-0.2, 0) is 64.4 Å². The van der Waals surface area contributed by atoms with E-state index < -0.39 is 55.4 Å². The molecule has 27 nitrogen and oxygen atoms in total. The van der Waals surface area contributed by atoms with Crippen LogP contribution in [0.4, 0.5) is 17.1 Å². The van der Waals surface area contributed by atoms with Crippen LogP contribution in [-0.4, -0.2) is 183 Å². The van der Waals surface area contributed by atoms with E-state index in [1.165, 1.54) is 48.7 Å². The third-order valence-corrected chi connectivity index (χ3v) is 17.1. The van der Waals surface area contributed by atoms with Crippen LogP contribution in [0.5, 0.6) is 0 Å². The SMILES string of the molecule is CCN1/C(=C/C=C/C=C/C2=[N+](CCCCCC(=O)NCCNC(=O)c3ccc(/C=N/OCC(=O)Nc4cc(C(=O)NCCOCCOCCS)cc(C(=O)NCCOCCOCCN=[N+]=[N-])c4)cc3)c3ccc(S(=O)(=O)O)cc3C2(C)C)C(C)(C)c2cc(S(=O)(=O)O)ccc21. The first-order valence-corrected chi connectivity index (χ1v) is 34.4. The zero-order valence-corrected chi connectivity index (χ0v) is 56.4. The molecule has 0 aliphatic carbocycles. The Bertz CT molecular complexity index is 3790. The Balaban J connectivity index is 0.936. The Morgan fingerprint density at radius 3 is 1.86 bits per heavy atom. The van der Waals surface area contributed by atoms with E-state index in [0.29, 0.717) is 69.1 Å². The number of ether oxygens (including phenoxy) is 4. The van der Waals surface area contributed by atoms with E-state index >= 15 is 0 Å². The van der Waals surface area contributed by atoms with Gasteiger partial charge in [0, 0.05) is 120 Å². The summed E-state index contributed by atoms with van der Waals surface area (Å²) < 4.78 is 91.8. The molecule has 30 heteroatoms. The summed E-state index contributed by atoms with van der Waals surface area (Å²) in [4.78, 5) is 74.8. The third kappa shape index (κ3) is 23.0. The molecule has 2 aliphatic heterocycles. The molecule has 7 N–H and O–H groups in total. The molecule has 0 unspecified atom stereocenters. The van der Waals surface area contributed by atoms with Crippen molar-refractivity contribution < 1.29 is 78.3 Å². The van der Waals surface area contributed by atoms with Crippen LogP contribution in [0.15, 0.2) is 135 Å². The number of unbranched alkanes of at least 4 members (excludes halogenated alkanes) is 2. The Hall–Kier alpha value is -8.29. The zero-order chi connectivity index (χ0) is 69.0. The first-order chi connectivity index (χ1) is 45.4. The van der Waals surface area contributed by atoms with Gasteiger partial charge in [-0.1, -0.05) is 54.5 Å². The van der Waals surface area contributed by atoms with Gasteiger partial charge in [-0.25, -0.2) is 0 Å². The fourth-order valence-electron chi connectivity index (χ4n) is 10.5. The molecule has 6 rings (SSSR count). The second-order valence-corrected chi connectivity index (χ2v) is 26.0. The first-order valence-electron chi connectivity index (χ1n) is 30.9. The summed E-state index contributed by atoms with van der Waals surface area (Å²) in [5.41, 5.74) is 13.3. The van der Waals surface area contributed by atoms with Gasteiger partial charge < -0.3 is 55.3 Å². The highest BCUT2D eigenvalue weighted by molar-refractivity contribution is 7.86. The number of oxime groups is 1. The Morgan fingerprint density at radius 2 is 1.24 bits per heavy atom. The summed E-state index contributed by atoms with van der Waals surface area (Å²) in [6.07, 6.45) is 13.2. The van der Waals surface area contributed by atoms with E-state index in [1.807, 2.05) is 65.0 Å². The van der Waals surface area contributed by atoms with Gasteiger partial charge in [-0.3, -0.25) is 33.1 Å². The normalized spacial score (nSPS) is 14.5. The largest absolute Gasteiger partial charge is 0.386 e. The highest BCUT2D eigenvalue weighted by Gasteiger charge is 2.45. The van der Waals surface area contributed by atoms with Gasteiger partial charge in [-0.2, -0.15) is 34.0 Å². The fraction of sp³-hybridized carbons (Fsp3) is 0.431. The lowest BCUT2D eigenvalue weighted by atomic mass is 9.81. The number of benzene rings is 4. The first kappa shape index (κ1) is 75.7. The molecule has 0 saturated heterocycles. The maximum atomic E-state index is 13.2. The maximum absolute atomic E-state index is 13.2. The smallest absolute Gasteiger partial charge is 0.294 e. The lowest BCUT2D eigenvalue weighted by Crippen LogP contribution is -2.34. The van der Waals surface area contributed by atoms with E-state index in [4.69, 9.17) is 29.3 Å². The van der Waals surface area contributed by atoms with Gasteiger partial charge in [0.05, 0.1) is 74.3 Å². The molecule has 0 radical (unpaired) electrons. The molecule has 0 aromatic heterocycles. The van der Waals surface area contributed by atoms with Crippen molar-refractivity contribution in [1.82, 2.24) is 21.3 Å². The molecule has 95 heavy (non-hydrogen) atoms. The second-order valence-electron chi connectivity index (χ2n) is 22.7. The molecule has 512 valence electrons. The van der Waals surface area contributed by atoms with Crippen LogP contribution in [0.25, 0.3) is 10.4 Å². The number of fused-ring (bicyclic) bond motifs is 2. The summed E-state index contributed by atoms with van der Waals surface area (Å²) in [6, 6.07) is 19.8. The topological polar surface area (TPSA) is 368 Å². The van der Waals surface area contributed by atoms with Crippen molar-refractivity contribution in [2.75, 3.05) is 121 Å². The van der Waals surface area contributed by atoms with Crippen molar-refractivity contribution >= 4 is 91.4 Å². The van der Waals surface area contributed by atoms with Crippen LogP contribution in [0.2, 0.25) is 0 Å². The van der Waals surface area contributed by atoms with Crippen LogP contribution in [0, 0.1) is 0 Å². The molecule has 0 saturated carbocycles. The number of carbonyl (C=O) groups is 5. The molecular formula is C65H84N11O16S3+. The van der Waals surface area contributed by atoms with Gasteiger partial charge >= 0.3 is 0 Å². The number of hydrogen-bond acceptors (Lipinski definition) is 18. The van der Waals surface area contributed by atoms with Gasteiger partial charge in [-0.15, -0.1) is 0 Å². The van der Waals surface area contributed by atoms with E-state index in [1.54, 1.807) is 36.4 Å². The molecule has 0 atom stereocenters. The summed E-state index contributed by atoms with van der Waals surface area (Å²) in [6.45, 7) is 13.8. The van der Waals surface area contributed by atoms with Crippen molar-refractivity contribution in [3.63, 3.8) is 0 Å². The Morgan fingerprint density at radius 1 is 0.653 bits per heavy atom. The summed E-state index contributed by atoms with van der Waals surface area (Å²) in [7, 11) is -8.88. The van der Waals surface area contributed by atoms with Crippen molar-refractivity contribution in [2.45, 2.75) is 80.9 Å². The summed E-state index contributed by atoms with van der Waals surface area (Å²) in [5.74, 6) is -1.66. The highest BCUT2D eigenvalue weighted by Crippen LogP contribution is 2.48. The third-order valence-electron chi connectivity index (χ3n) is 15.2. The number of likely N-dealkylation sites (N-methyl/N-ethyl adjacent to an activating group) is 1. The zero-order valence-electron chi connectivity index (χ0n) is 53.9. The van der Waals surface area contributed by atoms with Gasteiger partial charge in [0.15, 0.2) is 12.3 Å². The van der Waals surface area contributed by atoms with Crippen molar-refractivity contribution in [3.05, 3.63) is 159 Å². The monoisotopic (exact) mass is 1370 g/mol. The van der Waals surface area contributed by atoms with Crippen LogP contribution < -0.4 is 31.5 Å². The average Bonchev–Trinajstić information content (AvgIpc) is 1.60. The lowest BCUT2D eigenvalue weighted by molar-refractivity contribution is -0.438. The van der Waals surface area contributed by atoms with E-state index in [-0.39, 0.29) is 111 Å². The molecule has 4 aromatic rings. The summed E-state index contributed by atoms with van der Waals surface area (Å²) >= 11 is 4.09. The maximum Gasteiger partial charge on any atom is 0.294 e. The van der Waals surface area contributed by atoms with E-state index in [2.05, 4.69) is 63.9 Å². The predicted octanol–water partition coefficient (Wildman–Crippen LogP) is 7.23. The average molecular weight is 1370 g/mol. The molecule has 2 aliphatic rings. The van der Waals surface area contributed by atoms with Crippen molar-refractivity contribution in [1.29, 1.82) is 0 Å². The minimum Gasteiger partial charge on any atom is -0.386 e. The second kappa shape index (κ2) is 37.1. The minimum absolute atomic E-state index is 0.0842. The molecular weight excluding hydrogens is 1290 g/mol. The van der Waals surface area contributed by atoms with E-state index in [0.717, 1.165) is 33.9 Å². The number of azide groups is 1. The minimum atomic E-state index is -4.48. The quantitative estimate of drug-likeness (QED) is 0.00208. The molecule has 0 spiro atoms. The number of thiol groups is 1. The van der Waals surface area contributed by atoms with Gasteiger partial charge in [0.25, 0.3) is 43.9 Å². The number of carbonyl (C=O) groups excluding carboxylic acids is 5.